The lowest BCUT2D eigenvalue weighted by Crippen LogP contribution is -2.45. The van der Waals surface area contributed by atoms with Crippen LogP contribution in [0.4, 0.5) is 0 Å². The topological polar surface area (TPSA) is 52.6 Å². The van der Waals surface area contributed by atoms with Gasteiger partial charge in [-0.1, -0.05) is 46.6 Å². The van der Waals surface area contributed by atoms with E-state index < -0.39 is 8.32 Å². The van der Waals surface area contributed by atoms with Crippen molar-refractivity contribution in [2.75, 3.05) is 0 Å². The van der Waals surface area contributed by atoms with Crippen molar-refractivity contribution in [3.05, 3.63) is 12.2 Å². The van der Waals surface area contributed by atoms with Crippen molar-refractivity contribution in [2.45, 2.75) is 96.6 Å². The van der Waals surface area contributed by atoms with Crippen LogP contribution in [0, 0.1) is 11.8 Å². The summed E-state index contributed by atoms with van der Waals surface area (Å²) in [5.74, 6) is 0.310. The van der Waals surface area contributed by atoms with Gasteiger partial charge in [0.05, 0.1) is 12.5 Å². The van der Waals surface area contributed by atoms with Gasteiger partial charge < -0.3 is 9.16 Å². The number of rotatable bonds is 8. The predicted octanol–water partition coefficient (Wildman–Crippen LogP) is 5.03. The molecular weight excluding hydrogens is 344 g/mol. The summed E-state index contributed by atoms with van der Waals surface area (Å²) in [6.07, 6.45) is 8.69. The minimum atomic E-state index is -1.92. The van der Waals surface area contributed by atoms with Crippen LogP contribution in [0.5, 0.6) is 0 Å². The third-order valence-corrected chi connectivity index (χ3v) is 10.8. The molecule has 1 aliphatic carbocycles. The summed E-state index contributed by atoms with van der Waals surface area (Å²) >= 11 is 0. The van der Waals surface area contributed by atoms with E-state index >= 15 is 0 Å². The second-order valence-electron chi connectivity index (χ2n) is 9.41. The molecule has 4 atom stereocenters. The Morgan fingerprint density at radius 1 is 1.31 bits per heavy atom. The summed E-state index contributed by atoms with van der Waals surface area (Å²) < 4.78 is 12.2. The fraction of sp³-hybridized carbons (Fsp3) is 0.810. The second kappa shape index (κ2) is 8.38. The first kappa shape index (κ1) is 21.4. The van der Waals surface area contributed by atoms with Crippen molar-refractivity contribution in [2.24, 2.45) is 11.8 Å². The van der Waals surface area contributed by atoms with E-state index in [-0.39, 0.29) is 40.8 Å². The first-order valence-corrected chi connectivity index (χ1v) is 13.0. The third-order valence-electron chi connectivity index (χ3n) is 6.33. The minimum absolute atomic E-state index is 0.0404. The first-order chi connectivity index (χ1) is 12.0. The number of unbranched alkanes of at least 4 members (excludes halogenated alkanes) is 2. The zero-order valence-electron chi connectivity index (χ0n) is 17.3. The number of fused-ring (bicyclic) bond motifs is 1. The van der Waals surface area contributed by atoms with Gasteiger partial charge in [-0.05, 0) is 30.6 Å². The summed E-state index contributed by atoms with van der Waals surface area (Å²) in [6.45, 7) is 13.3. The summed E-state index contributed by atoms with van der Waals surface area (Å²) in [4.78, 5) is 23.9. The minimum Gasteiger partial charge on any atom is -0.462 e. The van der Waals surface area contributed by atoms with Crippen molar-refractivity contribution in [3.8, 4) is 0 Å². The molecule has 0 aromatic carbocycles. The predicted molar refractivity (Wildman–Crippen MR) is 106 cm³/mol. The van der Waals surface area contributed by atoms with Gasteiger partial charge in [0.25, 0.3) is 0 Å². The van der Waals surface area contributed by atoms with E-state index in [1.54, 1.807) is 6.08 Å². The van der Waals surface area contributed by atoms with Gasteiger partial charge in [-0.25, -0.2) is 0 Å². The normalized spacial score (nSPS) is 29.2. The lowest BCUT2D eigenvalue weighted by atomic mass is 9.91. The molecule has 0 bridgehead atoms. The third kappa shape index (κ3) is 5.07. The van der Waals surface area contributed by atoms with Crippen LogP contribution in [0.15, 0.2) is 12.2 Å². The molecule has 0 spiro atoms. The Kier molecular flexibility index (Phi) is 6.89. The molecule has 2 fully saturated rings. The van der Waals surface area contributed by atoms with Crippen LogP contribution in [0.2, 0.25) is 18.1 Å². The van der Waals surface area contributed by atoms with E-state index in [0.29, 0.717) is 12.8 Å². The molecule has 2 rings (SSSR count). The smallest absolute Gasteiger partial charge is 0.306 e. The van der Waals surface area contributed by atoms with E-state index in [9.17, 15) is 9.59 Å². The second-order valence-corrected chi connectivity index (χ2v) is 14.2. The summed E-state index contributed by atoms with van der Waals surface area (Å²) in [5, 5.41) is 0.131. The maximum Gasteiger partial charge on any atom is 0.306 e. The van der Waals surface area contributed by atoms with E-state index in [4.69, 9.17) is 9.16 Å². The Morgan fingerprint density at radius 2 is 2.00 bits per heavy atom. The van der Waals surface area contributed by atoms with Gasteiger partial charge in [0.1, 0.15) is 6.10 Å². The van der Waals surface area contributed by atoms with Crippen molar-refractivity contribution in [1.29, 1.82) is 0 Å². The Morgan fingerprint density at radius 3 is 2.62 bits per heavy atom. The molecule has 4 nitrogen and oxygen atoms in total. The van der Waals surface area contributed by atoms with Crippen molar-refractivity contribution < 1.29 is 18.8 Å². The molecule has 0 aromatic heterocycles. The van der Waals surface area contributed by atoms with Crippen LogP contribution in [0.3, 0.4) is 0 Å². The van der Waals surface area contributed by atoms with E-state index in [0.717, 1.165) is 25.7 Å². The fourth-order valence-corrected chi connectivity index (χ4v) is 5.06. The molecule has 0 N–H and O–H groups in total. The monoisotopic (exact) mass is 380 g/mol. The molecular formula is C21H36O4Si. The van der Waals surface area contributed by atoms with Crippen LogP contribution >= 0.6 is 0 Å². The molecule has 26 heavy (non-hydrogen) atoms. The highest BCUT2D eigenvalue weighted by Crippen LogP contribution is 2.47. The standard InChI is InChI=1S/C21H36O4Si/c1-7-8-9-10-15(22)11-12-16-17-13-20(23)24-18(17)14-19(16)25-26(5,6)21(2,3)4/h11-12,16-19H,7-10,13-14H2,1-6H3/b12-11+/t16-,17+,18-,19+/m0/s1. The lowest BCUT2D eigenvalue weighted by molar-refractivity contribution is -0.141. The van der Waals surface area contributed by atoms with Crippen LogP contribution in [-0.2, 0) is 18.8 Å². The zero-order chi connectivity index (χ0) is 19.5. The number of carbonyl (C=O) groups is 2. The van der Waals surface area contributed by atoms with Gasteiger partial charge in [0.2, 0.25) is 0 Å². The summed E-state index contributed by atoms with van der Waals surface area (Å²) in [5.41, 5.74) is 0. The van der Waals surface area contributed by atoms with Gasteiger partial charge in [-0.2, -0.15) is 0 Å². The van der Waals surface area contributed by atoms with Crippen molar-refractivity contribution in [3.63, 3.8) is 0 Å². The zero-order valence-corrected chi connectivity index (χ0v) is 18.3. The van der Waals surface area contributed by atoms with Crippen molar-refractivity contribution >= 4 is 20.1 Å². The quantitative estimate of drug-likeness (QED) is 0.256. The van der Waals surface area contributed by atoms with Crippen molar-refractivity contribution in [1.82, 2.24) is 0 Å². The number of ketones is 1. The molecule has 148 valence electrons. The Balaban J connectivity index is 2.09. The van der Waals surface area contributed by atoms with E-state index in [2.05, 4.69) is 40.8 Å². The molecule has 0 radical (unpaired) electrons. The Bertz CT molecular complexity index is 547. The molecule has 5 heteroatoms. The number of esters is 1. The van der Waals surface area contributed by atoms with Gasteiger partial charge in [0.15, 0.2) is 14.1 Å². The maximum atomic E-state index is 12.2. The van der Waals surface area contributed by atoms with Crippen LogP contribution in [0.25, 0.3) is 0 Å². The fourth-order valence-electron chi connectivity index (χ4n) is 3.70. The Hall–Kier alpha value is -0.943. The highest BCUT2D eigenvalue weighted by atomic mass is 28.4. The molecule has 1 aliphatic heterocycles. The SMILES string of the molecule is CCCCCC(=O)/C=C/[C@H]1[C@H]2CC(=O)O[C@H]2C[C@H]1O[Si](C)(C)C(C)(C)C. The van der Waals surface area contributed by atoms with Crippen LogP contribution in [0.1, 0.15) is 66.2 Å². The lowest BCUT2D eigenvalue weighted by Gasteiger charge is -2.39. The maximum absolute atomic E-state index is 12.2. The summed E-state index contributed by atoms with van der Waals surface area (Å²) in [6, 6.07) is 0. The molecule has 1 heterocycles. The number of allylic oxidation sites excluding steroid dienone is 1. The largest absolute Gasteiger partial charge is 0.462 e. The molecule has 1 saturated heterocycles. The summed E-state index contributed by atoms with van der Waals surface area (Å²) in [7, 11) is -1.92. The highest BCUT2D eigenvalue weighted by Gasteiger charge is 2.52. The average Bonchev–Trinajstić information content (AvgIpc) is 2.99. The molecule has 1 saturated carbocycles. The van der Waals surface area contributed by atoms with Gasteiger partial charge in [-0.3, -0.25) is 9.59 Å². The van der Waals surface area contributed by atoms with E-state index in [1.165, 1.54) is 0 Å². The average molecular weight is 381 g/mol. The number of carbonyl (C=O) groups excluding carboxylic acids is 2. The van der Waals surface area contributed by atoms with Crippen LogP contribution in [-0.4, -0.2) is 32.3 Å². The highest BCUT2D eigenvalue weighted by molar-refractivity contribution is 6.74. The van der Waals surface area contributed by atoms with Gasteiger partial charge in [-0.15, -0.1) is 0 Å². The molecule has 2 aliphatic rings. The van der Waals surface area contributed by atoms with Gasteiger partial charge in [0, 0.05) is 24.7 Å². The molecule has 0 aromatic rings. The number of hydrogen-bond donors (Lipinski definition) is 0. The number of hydrogen-bond acceptors (Lipinski definition) is 4. The Labute approximate surface area is 159 Å². The van der Waals surface area contributed by atoms with Crippen LogP contribution < -0.4 is 0 Å². The molecule has 0 amide bonds. The molecule has 0 unspecified atom stereocenters. The van der Waals surface area contributed by atoms with E-state index in [1.807, 2.05) is 6.08 Å². The number of ether oxygens (including phenoxy) is 1. The van der Waals surface area contributed by atoms with Gasteiger partial charge >= 0.3 is 5.97 Å². The first-order valence-electron chi connectivity index (χ1n) is 10.1.